The highest BCUT2D eigenvalue weighted by atomic mass is 15.0. The second kappa shape index (κ2) is 3.66. The van der Waals surface area contributed by atoms with Crippen molar-refractivity contribution in [1.82, 2.24) is 9.55 Å². The molecule has 0 bridgehead atoms. The molecule has 1 heterocycles. The Morgan fingerprint density at radius 2 is 1.86 bits per heavy atom. The molecule has 0 saturated heterocycles. The van der Waals surface area contributed by atoms with E-state index in [2.05, 4.69) is 41.7 Å². The van der Waals surface area contributed by atoms with E-state index in [9.17, 15) is 0 Å². The first-order chi connectivity index (χ1) is 6.77. The summed E-state index contributed by atoms with van der Waals surface area (Å²) in [6.07, 6.45) is 3.95. The summed E-state index contributed by atoms with van der Waals surface area (Å²) in [5.41, 5.74) is 2.29. The third kappa shape index (κ3) is 1.69. The molecular formula is C12H14N2. The van der Waals surface area contributed by atoms with Gasteiger partial charge in [0, 0.05) is 11.9 Å². The van der Waals surface area contributed by atoms with Crippen LogP contribution in [0.5, 0.6) is 0 Å². The topological polar surface area (TPSA) is 17.8 Å². The van der Waals surface area contributed by atoms with Crippen LogP contribution < -0.4 is 0 Å². The number of para-hydroxylation sites is 1. The van der Waals surface area contributed by atoms with Gasteiger partial charge in [-0.3, -0.25) is 0 Å². The Kier molecular flexibility index (Phi) is 2.35. The molecule has 0 atom stereocenters. The largest absolute Gasteiger partial charge is 0.306 e. The highest BCUT2D eigenvalue weighted by molar-refractivity contribution is 5.31. The van der Waals surface area contributed by atoms with Crippen molar-refractivity contribution in [3.05, 3.63) is 48.5 Å². The van der Waals surface area contributed by atoms with Crippen LogP contribution in [0, 0.1) is 0 Å². The first kappa shape index (κ1) is 9.00. The molecule has 0 aliphatic heterocycles. The van der Waals surface area contributed by atoms with Gasteiger partial charge in [0.25, 0.3) is 0 Å². The van der Waals surface area contributed by atoms with E-state index in [0.717, 1.165) is 11.4 Å². The van der Waals surface area contributed by atoms with Gasteiger partial charge in [0.15, 0.2) is 0 Å². The van der Waals surface area contributed by atoms with Crippen molar-refractivity contribution in [2.45, 2.75) is 19.8 Å². The Bertz CT molecular complexity index is 401. The summed E-state index contributed by atoms with van der Waals surface area (Å²) in [6, 6.07) is 10.2. The van der Waals surface area contributed by atoms with E-state index in [1.54, 1.807) is 0 Å². The van der Waals surface area contributed by atoms with Gasteiger partial charge in [-0.25, -0.2) is 4.98 Å². The molecule has 2 rings (SSSR count). The number of hydrogen-bond acceptors (Lipinski definition) is 1. The number of rotatable bonds is 2. The molecule has 0 saturated carbocycles. The molecule has 1 aromatic carbocycles. The van der Waals surface area contributed by atoms with Gasteiger partial charge < -0.3 is 4.57 Å². The monoisotopic (exact) mass is 186 g/mol. The fourth-order valence-electron chi connectivity index (χ4n) is 1.38. The highest BCUT2D eigenvalue weighted by Crippen LogP contribution is 2.14. The van der Waals surface area contributed by atoms with Gasteiger partial charge >= 0.3 is 0 Å². The van der Waals surface area contributed by atoms with Crippen LogP contribution in [-0.2, 0) is 0 Å². The maximum atomic E-state index is 4.36. The van der Waals surface area contributed by atoms with E-state index in [1.165, 1.54) is 0 Å². The van der Waals surface area contributed by atoms with Crippen molar-refractivity contribution in [2.75, 3.05) is 0 Å². The van der Waals surface area contributed by atoms with Crippen LogP contribution in [0.2, 0.25) is 0 Å². The Hall–Kier alpha value is -1.57. The lowest BCUT2D eigenvalue weighted by Gasteiger charge is -2.00. The van der Waals surface area contributed by atoms with Crippen LogP contribution in [0.15, 0.2) is 42.9 Å². The number of imidazole rings is 1. The molecular weight excluding hydrogens is 172 g/mol. The smallest absolute Gasteiger partial charge is 0.0995 e. The molecule has 0 aliphatic carbocycles. The molecule has 0 unspecified atom stereocenters. The predicted molar refractivity (Wildman–Crippen MR) is 57.7 cm³/mol. The third-order valence-corrected chi connectivity index (χ3v) is 2.25. The van der Waals surface area contributed by atoms with Gasteiger partial charge in [0.05, 0.1) is 12.0 Å². The zero-order valence-electron chi connectivity index (χ0n) is 8.51. The Morgan fingerprint density at radius 3 is 2.43 bits per heavy atom. The van der Waals surface area contributed by atoms with Crippen LogP contribution >= 0.6 is 0 Å². The standard InChI is InChI=1S/C12H14N2/c1-10(2)12-8-14(9-13-12)11-6-4-3-5-7-11/h3-10H,1-2H3. The minimum absolute atomic E-state index is 0.486. The lowest BCUT2D eigenvalue weighted by atomic mass is 10.2. The number of nitrogens with zero attached hydrogens (tertiary/aromatic N) is 2. The first-order valence-corrected chi connectivity index (χ1v) is 4.86. The summed E-state index contributed by atoms with van der Waals surface area (Å²) in [4.78, 5) is 4.36. The molecule has 0 spiro atoms. The lowest BCUT2D eigenvalue weighted by Crippen LogP contribution is -1.89. The number of benzene rings is 1. The predicted octanol–water partition coefficient (Wildman–Crippen LogP) is 3.00. The van der Waals surface area contributed by atoms with Gasteiger partial charge in [-0.2, -0.15) is 0 Å². The molecule has 14 heavy (non-hydrogen) atoms. The van der Waals surface area contributed by atoms with Crippen molar-refractivity contribution in [2.24, 2.45) is 0 Å². The normalized spacial score (nSPS) is 10.8. The van der Waals surface area contributed by atoms with Gasteiger partial charge in [0.1, 0.15) is 0 Å². The summed E-state index contributed by atoms with van der Waals surface area (Å²) in [7, 11) is 0. The zero-order valence-corrected chi connectivity index (χ0v) is 8.51. The highest BCUT2D eigenvalue weighted by Gasteiger charge is 2.03. The van der Waals surface area contributed by atoms with Crippen molar-refractivity contribution < 1.29 is 0 Å². The van der Waals surface area contributed by atoms with Gasteiger partial charge in [-0.15, -0.1) is 0 Å². The summed E-state index contributed by atoms with van der Waals surface area (Å²) in [6.45, 7) is 4.30. The molecule has 0 fully saturated rings. The average Bonchev–Trinajstić information content (AvgIpc) is 2.68. The SMILES string of the molecule is CC(C)c1cn(-c2ccccc2)cn1. The van der Waals surface area contributed by atoms with Crippen molar-refractivity contribution in [1.29, 1.82) is 0 Å². The molecule has 72 valence electrons. The maximum absolute atomic E-state index is 4.36. The summed E-state index contributed by atoms with van der Waals surface area (Å²) >= 11 is 0. The Balaban J connectivity index is 2.34. The molecule has 0 aliphatic rings. The first-order valence-electron chi connectivity index (χ1n) is 4.86. The molecule has 0 radical (unpaired) electrons. The van der Waals surface area contributed by atoms with Gasteiger partial charge in [-0.05, 0) is 18.1 Å². The van der Waals surface area contributed by atoms with Crippen molar-refractivity contribution in [3.8, 4) is 5.69 Å². The quantitative estimate of drug-likeness (QED) is 0.705. The van der Waals surface area contributed by atoms with Crippen LogP contribution in [0.25, 0.3) is 5.69 Å². The molecule has 1 aromatic heterocycles. The van der Waals surface area contributed by atoms with E-state index >= 15 is 0 Å². The Morgan fingerprint density at radius 1 is 1.14 bits per heavy atom. The summed E-state index contributed by atoms with van der Waals surface area (Å²) < 4.78 is 2.05. The Labute approximate surface area is 84.2 Å². The molecule has 2 heteroatoms. The fourth-order valence-corrected chi connectivity index (χ4v) is 1.38. The fraction of sp³-hybridized carbons (Fsp3) is 0.250. The molecule has 2 aromatic rings. The van der Waals surface area contributed by atoms with Gasteiger partial charge in [-0.1, -0.05) is 32.0 Å². The van der Waals surface area contributed by atoms with Crippen molar-refractivity contribution in [3.63, 3.8) is 0 Å². The van der Waals surface area contributed by atoms with Crippen LogP contribution in [0.1, 0.15) is 25.5 Å². The zero-order chi connectivity index (χ0) is 9.97. The second-order valence-electron chi connectivity index (χ2n) is 3.70. The average molecular weight is 186 g/mol. The van der Waals surface area contributed by atoms with E-state index in [-0.39, 0.29) is 0 Å². The lowest BCUT2D eigenvalue weighted by molar-refractivity contribution is 0.831. The summed E-state index contributed by atoms with van der Waals surface area (Å²) in [5, 5.41) is 0. The molecule has 0 amide bonds. The van der Waals surface area contributed by atoms with Crippen LogP contribution in [0.4, 0.5) is 0 Å². The third-order valence-electron chi connectivity index (χ3n) is 2.25. The molecule has 0 N–H and O–H groups in total. The van der Waals surface area contributed by atoms with Crippen LogP contribution in [-0.4, -0.2) is 9.55 Å². The van der Waals surface area contributed by atoms with E-state index in [1.807, 2.05) is 24.5 Å². The number of aromatic nitrogens is 2. The van der Waals surface area contributed by atoms with Crippen LogP contribution in [0.3, 0.4) is 0 Å². The van der Waals surface area contributed by atoms with Gasteiger partial charge in [0.2, 0.25) is 0 Å². The number of hydrogen-bond donors (Lipinski definition) is 0. The minimum atomic E-state index is 0.486. The second-order valence-corrected chi connectivity index (χ2v) is 3.70. The maximum Gasteiger partial charge on any atom is 0.0995 e. The van der Waals surface area contributed by atoms with E-state index < -0.39 is 0 Å². The molecule has 2 nitrogen and oxygen atoms in total. The van der Waals surface area contributed by atoms with Crippen molar-refractivity contribution >= 4 is 0 Å². The van der Waals surface area contributed by atoms with E-state index in [0.29, 0.717) is 5.92 Å². The summed E-state index contributed by atoms with van der Waals surface area (Å²) in [5.74, 6) is 0.486. The van der Waals surface area contributed by atoms with E-state index in [4.69, 9.17) is 0 Å². The minimum Gasteiger partial charge on any atom is -0.306 e.